The molecule has 3 atom stereocenters. The molecular weight excluding hydrogens is 188 g/mol. The van der Waals surface area contributed by atoms with Crippen molar-refractivity contribution < 1.29 is 9.47 Å². The Morgan fingerprint density at radius 2 is 1.67 bits per heavy atom. The Kier molecular flexibility index (Phi) is 3.47. The predicted octanol–water partition coefficient (Wildman–Crippen LogP) is 3.13. The van der Waals surface area contributed by atoms with Crippen LogP contribution in [0.4, 0.5) is 0 Å². The molecule has 3 unspecified atom stereocenters. The SMILES string of the molecule is CC1OC(C2CC=CCC2)OC(C)C1C. The molecule has 1 fully saturated rings. The standard InChI is InChI=1S/C13H22O2/c1-9-10(2)14-13(15-11(9)3)12-7-5-4-6-8-12/h4-5,9-13H,6-8H2,1-3H3. The van der Waals surface area contributed by atoms with E-state index in [9.17, 15) is 0 Å². The van der Waals surface area contributed by atoms with E-state index in [0.717, 1.165) is 6.42 Å². The van der Waals surface area contributed by atoms with E-state index in [1.165, 1.54) is 12.8 Å². The van der Waals surface area contributed by atoms with Crippen molar-refractivity contribution in [2.75, 3.05) is 0 Å². The average molecular weight is 210 g/mol. The van der Waals surface area contributed by atoms with Gasteiger partial charge < -0.3 is 9.47 Å². The molecule has 0 aromatic heterocycles. The maximum absolute atomic E-state index is 5.95. The summed E-state index contributed by atoms with van der Waals surface area (Å²) < 4.78 is 11.9. The third-order valence-corrected chi connectivity index (χ3v) is 3.87. The van der Waals surface area contributed by atoms with Gasteiger partial charge in [0.2, 0.25) is 0 Å². The number of hydrogen-bond acceptors (Lipinski definition) is 2. The molecule has 2 heteroatoms. The summed E-state index contributed by atoms with van der Waals surface area (Å²) in [5.41, 5.74) is 0. The van der Waals surface area contributed by atoms with Crippen LogP contribution in [-0.4, -0.2) is 18.5 Å². The first-order chi connectivity index (χ1) is 7.18. The molecule has 0 N–H and O–H groups in total. The Bertz CT molecular complexity index is 225. The van der Waals surface area contributed by atoms with Crippen molar-refractivity contribution in [3.05, 3.63) is 12.2 Å². The van der Waals surface area contributed by atoms with Gasteiger partial charge in [-0.2, -0.15) is 0 Å². The van der Waals surface area contributed by atoms with Gasteiger partial charge in [-0.3, -0.25) is 0 Å². The first kappa shape index (κ1) is 11.2. The van der Waals surface area contributed by atoms with E-state index in [0.29, 0.717) is 24.0 Å². The molecule has 0 amide bonds. The van der Waals surface area contributed by atoms with Crippen LogP contribution in [0.3, 0.4) is 0 Å². The highest BCUT2D eigenvalue weighted by Crippen LogP contribution is 2.32. The highest BCUT2D eigenvalue weighted by molar-refractivity contribution is 4.92. The van der Waals surface area contributed by atoms with Gasteiger partial charge in [-0.1, -0.05) is 19.1 Å². The van der Waals surface area contributed by atoms with Crippen LogP contribution >= 0.6 is 0 Å². The van der Waals surface area contributed by atoms with Crippen LogP contribution in [0.15, 0.2) is 12.2 Å². The fourth-order valence-electron chi connectivity index (χ4n) is 2.37. The zero-order valence-corrected chi connectivity index (χ0v) is 9.98. The van der Waals surface area contributed by atoms with Crippen LogP contribution in [0.2, 0.25) is 0 Å². The lowest BCUT2D eigenvalue weighted by Gasteiger charge is -2.41. The number of rotatable bonds is 1. The van der Waals surface area contributed by atoms with Gasteiger partial charge in [-0.15, -0.1) is 0 Å². The van der Waals surface area contributed by atoms with Crippen LogP contribution in [0, 0.1) is 11.8 Å². The van der Waals surface area contributed by atoms with Gasteiger partial charge in [0.15, 0.2) is 6.29 Å². The minimum Gasteiger partial charge on any atom is -0.349 e. The van der Waals surface area contributed by atoms with Crippen molar-refractivity contribution in [3.8, 4) is 0 Å². The van der Waals surface area contributed by atoms with Crippen molar-refractivity contribution in [2.24, 2.45) is 11.8 Å². The van der Waals surface area contributed by atoms with E-state index in [1.807, 2.05) is 0 Å². The number of hydrogen-bond donors (Lipinski definition) is 0. The smallest absolute Gasteiger partial charge is 0.161 e. The van der Waals surface area contributed by atoms with Crippen molar-refractivity contribution in [1.29, 1.82) is 0 Å². The van der Waals surface area contributed by atoms with Gasteiger partial charge >= 0.3 is 0 Å². The Hall–Kier alpha value is -0.340. The van der Waals surface area contributed by atoms with Crippen molar-refractivity contribution in [1.82, 2.24) is 0 Å². The lowest BCUT2D eigenvalue weighted by atomic mass is 9.91. The van der Waals surface area contributed by atoms with Crippen LogP contribution in [0.25, 0.3) is 0 Å². The lowest BCUT2D eigenvalue weighted by Crippen LogP contribution is -2.45. The number of ether oxygens (including phenoxy) is 2. The van der Waals surface area contributed by atoms with E-state index in [1.54, 1.807) is 0 Å². The van der Waals surface area contributed by atoms with Gasteiger partial charge in [0.1, 0.15) is 0 Å². The molecule has 0 spiro atoms. The molecule has 1 heterocycles. The van der Waals surface area contributed by atoms with Crippen LogP contribution in [0.1, 0.15) is 40.0 Å². The Morgan fingerprint density at radius 3 is 2.20 bits per heavy atom. The van der Waals surface area contributed by atoms with Crippen LogP contribution < -0.4 is 0 Å². The molecule has 1 aliphatic heterocycles. The first-order valence-electron chi connectivity index (χ1n) is 6.14. The monoisotopic (exact) mass is 210 g/mol. The van der Waals surface area contributed by atoms with E-state index in [-0.39, 0.29) is 6.29 Å². The van der Waals surface area contributed by atoms with Gasteiger partial charge in [-0.05, 0) is 33.1 Å². The third-order valence-electron chi connectivity index (χ3n) is 3.87. The summed E-state index contributed by atoms with van der Waals surface area (Å²) in [5.74, 6) is 1.06. The molecular formula is C13H22O2. The first-order valence-corrected chi connectivity index (χ1v) is 6.14. The van der Waals surface area contributed by atoms with E-state index < -0.39 is 0 Å². The summed E-state index contributed by atoms with van der Waals surface area (Å²) in [7, 11) is 0. The third kappa shape index (κ3) is 2.43. The molecule has 2 rings (SSSR count). The second kappa shape index (κ2) is 4.67. The Labute approximate surface area is 92.6 Å². The van der Waals surface area contributed by atoms with Gasteiger partial charge in [0, 0.05) is 11.8 Å². The lowest BCUT2D eigenvalue weighted by molar-refractivity contribution is -0.277. The maximum Gasteiger partial charge on any atom is 0.161 e. The quantitative estimate of drug-likeness (QED) is 0.619. The summed E-state index contributed by atoms with van der Waals surface area (Å²) in [5, 5.41) is 0. The minimum atomic E-state index is 0.0242. The largest absolute Gasteiger partial charge is 0.349 e. The maximum atomic E-state index is 5.95. The fraction of sp³-hybridized carbons (Fsp3) is 0.846. The summed E-state index contributed by atoms with van der Waals surface area (Å²) in [6.45, 7) is 6.52. The zero-order chi connectivity index (χ0) is 10.8. The Morgan fingerprint density at radius 1 is 1.00 bits per heavy atom. The minimum absolute atomic E-state index is 0.0242. The molecule has 1 aliphatic carbocycles. The molecule has 0 aromatic carbocycles. The van der Waals surface area contributed by atoms with Crippen molar-refractivity contribution >= 4 is 0 Å². The molecule has 0 bridgehead atoms. The molecule has 86 valence electrons. The average Bonchev–Trinajstić information content (AvgIpc) is 2.26. The van der Waals surface area contributed by atoms with Crippen molar-refractivity contribution in [3.63, 3.8) is 0 Å². The van der Waals surface area contributed by atoms with Crippen molar-refractivity contribution in [2.45, 2.75) is 58.5 Å². The number of allylic oxidation sites excluding steroid dienone is 2. The van der Waals surface area contributed by atoms with Gasteiger partial charge in [-0.25, -0.2) is 0 Å². The summed E-state index contributed by atoms with van der Waals surface area (Å²) in [6.07, 6.45) is 8.67. The van der Waals surface area contributed by atoms with Gasteiger partial charge in [0.05, 0.1) is 12.2 Å². The molecule has 1 saturated heterocycles. The zero-order valence-electron chi connectivity index (χ0n) is 9.98. The topological polar surface area (TPSA) is 18.5 Å². The summed E-state index contributed by atoms with van der Waals surface area (Å²) in [6, 6.07) is 0. The van der Waals surface area contributed by atoms with E-state index in [2.05, 4.69) is 32.9 Å². The molecule has 0 saturated carbocycles. The van der Waals surface area contributed by atoms with E-state index >= 15 is 0 Å². The molecule has 15 heavy (non-hydrogen) atoms. The van der Waals surface area contributed by atoms with Gasteiger partial charge in [0.25, 0.3) is 0 Å². The summed E-state index contributed by atoms with van der Waals surface area (Å²) in [4.78, 5) is 0. The second-order valence-corrected chi connectivity index (χ2v) is 4.95. The highest BCUT2D eigenvalue weighted by atomic mass is 16.7. The van der Waals surface area contributed by atoms with E-state index in [4.69, 9.17) is 9.47 Å². The highest BCUT2D eigenvalue weighted by Gasteiger charge is 2.35. The second-order valence-electron chi connectivity index (χ2n) is 4.95. The molecule has 0 aromatic rings. The van der Waals surface area contributed by atoms with Crippen LogP contribution in [-0.2, 0) is 9.47 Å². The predicted molar refractivity (Wildman–Crippen MR) is 60.5 cm³/mol. The molecule has 2 aliphatic rings. The van der Waals surface area contributed by atoms with Crippen LogP contribution in [0.5, 0.6) is 0 Å². The summed E-state index contributed by atoms with van der Waals surface area (Å²) >= 11 is 0. The fourth-order valence-corrected chi connectivity index (χ4v) is 2.37. The normalized spacial score (nSPS) is 46.7. The molecule has 0 radical (unpaired) electrons. The molecule has 2 nitrogen and oxygen atoms in total. The Balaban J connectivity index is 1.95.